The highest BCUT2D eigenvalue weighted by atomic mass is 32.2. The summed E-state index contributed by atoms with van der Waals surface area (Å²) in [5.74, 6) is 1.10. The molecule has 2 aromatic rings. The quantitative estimate of drug-likeness (QED) is 0.571. The van der Waals surface area contributed by atoms with Gasteiger partial charge in [-0.3, -0.25) is 4.79 Å². The van der Waals surface area contributed by atoms with Crippen LogP contribution in [0.3, 0.4) is 0 Å². The van der Waals surface area contributed by atoms with Crippen molar-refractivity contribution in [2.75, 3.05) is 27.9 Å². The van der Waals surface area contributed by atoms with E-state index in [1.54, 1.807) is 12.1 Å². The number of sulfonamides is 1. The monoisotopic (exact) mass is 420 g/mol. The second kappa shape index (κ2) is 9.94. The van der Waals surface area contributed by atoms with Crippen LogP contribution in [-0.2, 0) is 16.6 Å². The molecule has 0 aliphatic carbocycles. The Morgan fingerprint density at radius 1 is 1.03 bits per heavy atom. The van der Waals surface area contributed by atoms with E-state index in [1.165, 1.54) is 51.7 Å². The van der Waals surface area contributed by atoms with E-state index in [4.69, 9.17) is 14.2 Å². The van der Waals surface area contributed by atoms with Gasteiger partial charge in [0.05, 0.1) is 26.2 Å². The predicted octanol–water partition coefficient (Wildman–Crippen LogP) is 2.11. The molecule has 0 unspecified atom stereocenters. The fraction of sp³-hybridized carbons (Fsp3) is 0.250. The molecule has 2 rings (SSSR count). The Labute approximate surface area is 170 Å². The molecule has 0 saturated carbocycles. The van der Waals surface area contributed by atoms with Crippen molar-refractivity contribution in [1.29, 1.82) is 0 Å². The Hall–Kier alpha value is -3.04. The number of rotatable bonds is 10. The normalized spacial score (nSPS) is 10.9. The minimum atomic E-state index is -3.72. The number of carbonyl (C=O) groups is 1. The van der Waals surface area contributed by atoms with Crippen molar-refractivity contribution < 1.29 is 27.4 Å². The standard InChI is InChI=1S/C20H24N2O6S/c1-5-9-22-29(24,25)16-8-6-7-14(10-16)20(23)21-13-15-11-18(27-3)19(28-4)12-17(15)26-2/h5-8,10-12,22H,1,9,13H2,2-4H3,(H,21,23). The Kier molecular flexibility index (Phi) is 7.63. The molecule has 2 aromatic carbocycles. The average Bonchev–Trinajstić information content (AvgIpc) is 2.75. The van der Waals surface area contributed by atoms with E-state index in [2.05, 4.69) is 16.6 Å². The average molecular weight is 420 g/mol. The van der Waals surface area contributed by atoms with Crippen LogP contribution in [-0.4, -0.2) is 42.2 Å². The molecule has 0 radical (unpaired) electrons. The third-order valence-electron chi connectivity index (χ3n) is 4.05. The van der Waals surface area contributed by atoms with E-state index in [9.17, 15) is 13.2 Å². The van der Waals surface area contributed by atoms with Crippen LogP contribution in [0.15, 0.2) is 53.9 Å². The summed E-state index contributed by atoms with van der Waals surface area (Å²) in [6.07, 6.45) is 1.44. The molecule has 0 heterocycles. The number of amides is 1. The van der Waals surface area contributed by atoms with Gasteiger partial charge in [-0.15, -0.1) is 6.58 Å². The number of nitrogens with one attached hydrogen (secondary N) is 2. The fourth-order valence-electron chi connectivity index (χ4n) is 2.56. The summed E-state index contributed by atoms with van der Waals surface area (Å²) in [6.45, 7) is 3.72. The maximum absolute atomic E-state index is 12.5. The molecule has 0 fully saturated rings. The topological polar surface area (TPSA) is 103 Å². The van der Waals surface area contributed by atoms with Crippen molar-refractivity contribution in [2.45, 2.75) is 11.4 Å². The van der Waals surface area contributed by atoms with Crippen LogP contribution in [0, 0.1) is 0 Å². The lowest BCUT2D eigenvalue weighted by Gasteiger charge is -2.15. The van der Waals surface area contributed by atoms with Crippen molar-refractivity contribution in [3.63, 3.8) is 0 Å². The van der Waals surface area contributed by atoms with Gasteiger partial charge in [0.15, 0.2) is 11.5 Å². The second-order valence-electron chi connectivity index (χ2n) is 5.87. The van der Waals surface area contributed by atoms with E-state index in [-0.39, 0.29) is 23.5 Å². The first-order valence-corrected chi connectivity index (χ1v) is 10.1. The summed E-state index contributed by atoms with van der Waals surface area (Å²) in [5.41, 5.74) is 0.890. The van der Waals surface area contributed by atoms with Gasteiger partial charge >= 0.3 is 0 Å². The van der Waals surface area contributed by atoms with Gasteiger partial charge in [0.1, 0.15) is 5.75 Å². The molecule has 2 N–H and O–H groups in total. The van der Waals surface area contributed by atoms with Crippen LogP contribution >= 0.6 is 0 Å². The molecule has 8 nitrogen and oxygen atoms in total. The van der Waals surface area contributed by atoms with Gasteiger partial charge in [-0.2, -0.15) is 0 Å². The molecule has 1 amide bonds. The Balaban J connectivity index is 2.20. The zero-order chi connectivity index (χ0) is 21.4. The number of benzene rings is 2. The molecule has 0 saturated heterocycles. The number of ether oxygens (including phenoxy) is 3. The molecule has 0 atom stereocenters. The van der Waals surface area contributed by atoms with Gasteiger partial charge in [0, 0.05) is 30.3 Å². The molecule has 29 heavy (non-hydrogen) atoms. The molecular weight excluding hydrogens is 396 g/mol. The third kappa shape index (κ3) is 5.49. The molecule has 0 aliphatic heterocycles. The molecule has 0 bridgehead atoms. The Bertz CT molecular complexity index is 988. The highest BCUT2D eigenvalue weighted by molar-refractivity contribution is 7.89. The summed E-state index contributed by atoms with van der Waals surface area (Å²) >= 11 is 0. The molecule has 156 valence electrons. The van der Waals surface area contributed by atoms with Crippen molar-refractivity contribution >= 4 is 15.9 Å². The maximum Gasteiger partial charge on any atom is 0.251 e. The van der Waals surface area contributed by atoms with Crippen LogP contribution in [0.1, 0.15) is 15.9 Å². The van der Waals surface area contributed by atoms with Gasteiger partial charge < -0.3 is 19.5 Å². The van der Waals surface area contributed by atoms with Crippen molar-refractivity contribution in [3.8, 4) is 17.2 Å². The molecule has 0 aliphatic rings. The summed E-state index contributed by atoms with van der Waals surface area (Å²) < 4.78 is 42.7. The van der Waals surface area contributed by atoms with Gasteiger partial charge in [0.2, 0.25) is 10.0 Å². The largest absolute Gasteiger partial charge is 0.496 e. The zero-order valence-electron chi connectivity index (χ0n) is 16.5. The van der Waals surface area contributed by atoms with Gasteiger partial charge in [-0.25, -0.2) is 13.1 Å². The first-order valence-electron chi connectivity index (χ1n) is 8.64. The third-order valence-corrected chi connectivity index (χ3v) is 5.47. The highest BCUT2D eigenvalue weighted by Crippen LogP contribution is 2.34. The first kappa shape index (κ1) is 22.3. The van der Waals surface area contributed by atoms with Crippen LogP contribution < -0.4 is 24.2 Å². The fourth-order valence-corrected chi connectivity index (χ4v) is 3.61. The Morgan fingerprint density at radius 3 is 2.31 bits per heavy atom. The molecule has 9 heteroatoms. The van der Waals surface area contributed by atoms with Crippen LogP contribution in [0.2, 0.25) is 0 Å². The van der Waals surface area contributed by atoms with E-state index < -0.39 is 15.9 Å². The maximum atomic E-state index is 12.5. The predicted molar refractivity (Wildman–Crippen MR) is 109 cm³/mol. The number of hydrogen-bond acceptors (Lipinski definition) is 6. The van der Waals surface area contributed by atoms with E-state index >= 15 is 0 Å². The van der Waals surface area contributed by atoms with E-state index in [0.29, 0.717) is 22.8 Å². The van der Waals surface area contributed by atoms with Gasteiger partial charge in [-0.1, -0.05) is 12.1 Å². The lowest BCUT2D eigenvalue weighted by atomic mass is 10.1. The first-order chi connectivity index (χ1) is 13.9. The van der Waals surface area contributed by atoms with Gasteiger partial charge in [-0.05, 0) is 24.3 Å². The smallest absolute Gasteiger partial charge is 0.251 e. The van der Waals surface area contributed by atoms with Crippen LogP contribution in [0.25, 0.3) is 0 Å². The van der Waals surface area contributed by atoms with Crippen molar-refractivity contribution in [3.05, 3.63) is 60.2 Å². The molecule has 0 spiro atoms. The molecule has 0 aromatic heterocycles. The lowest BCUT2D eigenvalue weighted by molar-refractivity contribution is 0.0950. The van der Waals surface area contributed by atoms with Crippen LogP contribution in [0.4, 0.5) is 0 Å². The summed E-state index contributed by atoms with van der Waals surface area (Å²) in [7, 11) is 0.817. The summed E-state index contributed by atoms with van der Waals surface area (Å²) in [4.78, 5) is 12.5. The van der Waals surface area contributed by atoms with Crippen molar-refractivity contribution in [2.24, 2.45) is 0 Å². The summed E-state index contributed by atoms with van der Waals surface area (Å²) in [6, 6.07) is 9.14. The SMILES string of the molecule is C=CCNS(=O)(=O)c1cccc(C(=O)NCc2cc(OC)c(OC)cc2OC)c1. The summed E-state index contributed by atoms with van der Waals surface area (Å²) in [5, 5.41) is 2.75. The number of carbonyl (C=O) groups excluding carboxylic acids is 1. The van der Waals surface area contributed by atoms with E-state index in [1.807, 2.05) is 0 Å². The van der Waals surface area contributed by atoms with Crippen LogP contribution in [0.5, 0.6) is 17.2 Å². The zero-order valence-corrected chi connectivity index (χ0v) is 17.3. The molecular formula is C20H24N2O6S. The number of hydrogen-bond donors (Lipinski definition) is 2. The lowest BCUT2D eigenvalue weighted by Crippen LogP contribution is -2.25. The minimum absolute atomic E-state index is 0.00398. The van der Waals surface area contributed by atoms with E-state index in [0.717, 1.165) is 0 Å². The minimum Gasteiger partial charge on any atom is -0.496 e. The highest BCUT2D eigenvalue weighted by Gasteiger charge is 2.17. The van der Waals surface area contributed by atoms with Crippen molar-refractivity contribution in [1.82, 2.24) is 10.0 Å². The number of methoxy groups -OCH3 is 3. The Morgan fingerprint density at radius 2 is 1.69 bits per heavy atom. The second-order valence-corrected chi connectivity index (χ2v) is 7.64. The van der Waals surface area contributed by atoms with Gasteiger partial charge in [0.25, 0.3) is 5.91 Å².